The third-order valence-electron chi connectivity index (χ3n) is 2.90. The highest BCUT2D eigenvalue weighted by Gasteiger charge is 2.16. The summed E-state index contributed by atoms with van der Waals surface area (Å²) in [4.78, 5) is 0. The standard InChI is InChI=1S/C15H19NO4/c1-10-4-5-14(19-10)15(9-16)20-13-7-11(17-2)6-12(8-13)18-3/h4-8,15H,9,16H2,1-3H3. The minimum Gasteiger partial charge on any atom is -0.496 e. The Morgan fingerprint density at radius 3 is 2.10 bits per heavy atom. The van der Waals surface area contributed by atoms with Crippen LogP contribution >= 0.6 is 0 Å². The van der Waals surface area contributed by atoms with Crippen LogP contribution < -0.4 is 19.9 Å². The molecule has 0 fully saturated rings. The second-order valence-electron chi connectivity index (χ2n) is 4.34. The van der Waals surface area contributed by atoms with Gasteiger partial charge >= 0.3 is 0 Å². The van der Waals surface area contributed by atoms with Crippen molar-refractivity contribution >= 4 is 0 Å². The van der Waals surface area contributed by atoms with Gasteiger partial charge in [-0.2, -0.15) is 0 Å². The van der Waals surface area contributed by atoms with Gasteiger partial charge in [-0.15, -0.1) is 0 Å². The van der Waals surface area contributed by atoms with Gasteiger partial charge in [-0.25, -0.2) is 0 Å². The molecule has 5 nitrogen and oxygen atoms in total. The Kier molecular flexibility index (Phi) is 4.53. The summed E-state index contributed by atoms with van der Waals surface area (Å²) in [5.41, 5.74) is 5.76. The molecule has 0 aliphatic carbocycles. The lowest BCUT2D eigenvalue weighted by Crippen LogP contribution is -2.17. The number of hydrogen-bond acceptors (Lipinski definition) is 5. The number of methoxy groups -OCH3 is 2. The highest BCUT2D eigenvalue weighted by Crippen LogP contribution is 2.30. The predicted molar refractivity (Wildman–Crippen MR) is 75.4 cm³/mol. The fourth-order valence-electron chi connectivity index (χ4n) is 1.86. The number of hydrogen-bond donors (Lipinski definition) is 1. The molecule has 1 unspecified atom stereocenters. The van der Waals surface area contributed by atoms with Crippen LogP contribution in [0.4, 0.5) is 0 Å². The Bertz CT molecular complexity index is 543. The quantitative estimate of drug-likeness (QED) is 0.879. The summed E-state index contributed by atoms with van der Waals surface area (Å²) in [5.74, 6) is 3.46. The van der Waals surface area contributed by atoms with Gasteiger partial charge in [0.05, 0.1) is 14.2 Å². The van der Waals surface area contributed by atoms with Gasteiger partial charge in [0.2, 0.25) is 0 Å². The van der Waals surface area contributed by atoms with E-state index in [4.69, 9.17) is 24.4 Å². The maximum atomic E-state index is 5.87. The van der Waals surface area contributed by atoms with Gasteiger partial charge in [-0.3, -0.25) is 0 Å². The molecule has 1 atom stereocenters. The molecule has 20 heavy (non-hydrogen) atoms. The molecule has 0 aliphatic rings. The first-order valence-electron chi connectivity index (χ1n) is 6.32. The average molecular weight is 277 g/mol. The summed E-state index contributed by atoms with van der Waals surface area (Å²) in [7, 11) is 3.18. The SMILES string of the molecule is COc1cc(OC)cc(OC(CN)c2ccc(C)o2)c1. The molecule has 2 aromatic rings. The topological polar surface area (TPSA) is 66.8 Å². The number of aryl methyl sites for hydroxylation is 1. The summed E-state index contributed by atoms with van der Waals surface area (Å²) in [6.07, 6.45) is -0.347. The van der Waals surface area contributed by atoms with E-state index in [9.17, 15) is 0 Å². The molecule has 0 spiro atoms. The van der Waals surface area contributed by atoms with E-state index >= 15 is 0 Å². The van der Waals surface area contributed by atoms with Crippen LogP contribution in [-0.2, 0) is 0 Å². The fraction of sp³-hybridized carbons (Fsp3) is 0.333. The highest BCUT2D eigenvalue weighted by atomic mass is 16.5. The number of benzene rings is 1. The maximum Gasteiger partial charge on any atom is 0.168 e. The monoisotopic (exact) mass is 277 g/mol. The first kappa shape index (κ1) is 14.3. The van der Waals surface area contributed by atoms with Crippen molar-refractivity contribution < 1.29 is 18.6 Å². The van der Waals surface area contributed by atoms with Crippen LogP contribution in [0.3, 0.4) is 0 Å². The van der Waals surface area contributed by atoms with Crippen LogP contribution in [0.25, 0.3) is 0 Å². The summed E-state index contributed by atoms with van der Waals surface area (Å²) >= 11 is 0. The normalized spacial score (nSPS) is 12.0. The first-order valence-corrected chi connectivity index (χ1v) is 6.32. The fourth-order valence-corrected chi connectivity index (χ4v) is 1.86. The van der Waals surface area contributed by atoms with Gasteiger partial charge in [-0.1, -0.05) is 0 Å². The Hall–Kier alpha value is -2.14. The summed E-state index contributed by atoms with van der Waals surface area (Å²) in [5, 5.41) is 0. The second kappa shape index (κ2) is 6.34. The molecule has 0 bridgehead atoms. The lowest BCUT2D eigenvalue weighted by molar-refractivity contribution is 0.181. The number of ether oxygens (including phenoxy) is 3. The molecule has 5 heteroatoms. The van der Waals surface area contributed by atoms with Crippen molar-refractivity contribution in [3.05, 3.63) is 41.9 Å². The van der Waals surface area contributed by atoms with Crippen molar-refractivity contribution in [3.8, 4) is 17.2 Å². The molecule has 0 saturated carbocycles. The zero-order valence-electron chi connectivity index (χ0n) is 11.9. The molecule has 1 aromatic carbocycles. The molecule has 0 aliphatic heterocycles. The first-order chi connectivity index (χ1) is 9.66. The number of rotatable bonds is 6. The molecule has 2 N–H and O–H groups in total. The highest BCUT2D eigenvalue weighted by molar-refractivity contribution is 5.42. The van der Waals surface area contributed by atoms with E-state index in [1.165, 1.54) is 0 Å². The van der Waals surface area contributed by atoms with E-state index in [0.717, 1.165) is 5.76 Å². The molecular weight excluding hydrogens is 258 g/mol. The molecule has 0 radical (unpaired) electrons. The van der Waals surface area contributed by atoms with Gasteiger partial charge in [0, 0.05) is 24.7 Å². The van der Waals surface area contributed by atoms with Gasteiger partial charge in [0.25, 0.3) is 0 Å². The van der Waals surface area contributed by atoms with Crippen LogP contribution in [0, 0.1) is 6.92 Å². The largest absolute Gasteiger partial charge is 0.496 e. The van der Waals surface area contributed by atoms with Crippen molar-refractivity contribution in [2.45, 2.75) is 13.0 Å². The smallest absolute Gasteiger partial charge is 0.168 e. The molecule has 2 rings (SSSR count). The van der Waals surface area contributed by atoms with Gasteiger partial charge in [-0.05, 0) is 19.1 Å². The molecular formula is C15H19NO4. The Morgan fingerprint density at radius 2 is 1.65 bits per heavy atom. The van der Waals surface area contributed by atoms with Crippen molar-refractivity contribution in [3.63, 3.8) is 0 Å². The van der Waals surface area contributed by atoms with Crippen LogP contribution in [0.1, 0.15) is 17.6 Å². The van der Waals surface area contributed by atoms with Crippen molar-refractivity contribution in [2.24, 2.45) is 5.73 Å². The Balaban J connectivity index is 2.22. The van der Waals surface area contributed by atoms with Crippen LogP contribution in [-0.4, -0.2) is 20.8 Å². The number of nitrogens with two attached hydrogens (primary N) is 1. The van der Waals surface area contributed by atoms with Crippen LogP contribution in [0.2, 0.25) is 0 Å². The molecule has 0 amide bonds. The zero-order chi connectivity index (χ0) is 14.5. The van der Waals surface area contributed by atoms with E-state index < -0.39 is 0 Å². The minimum atomic E-state index is -0.347. The predicted octanol–water partition coefficient (Wildman–Crippen LogP) is 2.68. The van der Waals surface area contributed by atoms with Crippen molar-refractivity contribution in [1.29, 1.82) is 0 Å². The Morgan fingerprint density at radius 1 is 1.05 bits per heavy atom. The van der Waals surface area contributed by atoms with Gasteiger partial charge in [0.1, 0.15) is 28.8 Å². The van der Waals surface area contributed by atoms with E-state index in [1.807, 2.05) is 19.1 Å². The number of furan rings is 1. The molecule has 0 saturated heterocycles. The van der Waals surface area contributed by atoms with E-state index in [2.05, 4.69) is 0 Å². The van der Waals surface area contributed by atoms with Gasteiger partial charge < -0.3 is 24.4 Å². The second-order valence-corrected chi connectivity index (χ2v) is 4.34. The third kappa shape index (κ3) is 3.24. The minimum absolute atomic E-state index is 0.312. The van der Waals surface area contributed by atoms with Crippen LogP contribution in [0.5, 0.6) is 17.2 Å². The molecule has 1 aromatic heterocycles. The van der Waals surface area contributed by atoms with E-state index in [-0.39, 0.29) is 6.10 Å². The van der Waals surface area contributed by atoms with E-state index in [1.54, 1.807) is 32.4 Å². The Labute approximate surface area is 118 Å². The molecule has 1 heterocycles. The maximum absolute atomic E-state index is 5.87. The summed E-state index contributed by atoms with van der Waals surface area (Å²) in [6, 6.07) is 9.08. The lowest BCUT2D eigenvalue weighted by Gasteiger charge is -2.16. The van der Waals surface area contributed by atoms with E-state index in [0.29, 0.717) is 29.6 Å². The summed E-state index contributed by atoms with van der Waals surface area (Å²) < 4.78 is 21.8. The van der Waals surface area contributed by atoms with Crippen molar-refractivity contribution in [2.75, 3.05) is 20.8 Å². The summed E-state index contributed by atoms with van der Waals surface area (Å²) in [6.45, 7) is 2.19. The van der Waals surface area contributed by atoms with Crippen molar-refractivity contribution in [1.82, 2.24) is 0 Å². The molecule has 108 valence electrons. The van der Waals surface area contributed by atoms with Crippen LogP contribution in [0.15, 0.2) is 34.7 Å². The lowest BCUT2D eigenvalue weighted by atomic mass is 10.2. The van der Waals surface area contributed by atoms with Gasteiger partial charge in [0.15, 0.2) is 6.10 Å². The zero-order valence-corrected chi connectivity index (χ0v) is 11.9. The average Bonchev–Trinajstić information content (AvgIpc) is 2.90. The third-order valence-corrected chi connectivity index (χ3v) is 2.90.